The molecule has 0 spiro atoms. The van der Waals surface area contributed by atoms with Crippen molar-refractivity contribution in [3.63, 3.8) is 0 Å². The lowest BCUT2D eigenvalue weighted by Gasteiger charge is -2.39. The lowest BCUT2D eigenvalue weighted by atomic mass is 10.1. The van der Waals surface area contributed by atoms with Gasteiger partial charge in [0.15, 0.2) is 8.32 Å². The molecule has 0 aromatic heterocycles. The Morgan fingerprint density at radius 3 is 2.24 bits per heavy atom. The Hall–Kier alpha value is -0.643. The quantitative estimate of drug-likeness (QED) is 0.715. The van der Waals surface area contributed by atoms with Gasteiger partial charge < -0.3 is 14.5 Å². The molecule has 7 nitrogen and oxygen atoms in total. The van der Waals surface area contributed by atoms with Crippen molar-refractivity contribution in [1.82, 2.24) is 10.0 Å². The van der Waals surface area contributed by atoms with Crippen LogP contribution in [0.1, 0.15) is 48.0 Å². The summed E-state index contributed by atoms with van der Waals surface area (Å²) < 4.78 is 38.8. The Labute approximate surface area is 153 Å². The Bertz CT molecular complexity index is 578. The van der Waals surface area contributed by atoms with Crippen LogP contribution in [0.15, 0.2) is 0 Å². The van der Waals surface area contributed by atoms with Gasteiger partial charge in [-0.25, -0.2) is 17.9 Å². The maximum absolute atomic E-state index is 12.5. The summed E-state index contributed by atoms with van der Waals surface area (Å²) in [6.45, 7) is 16.1. The van der Waals surface area contributed by atoms with Gasteiger partial charge in [-0.1, -0.05) is 20.8 Å². The summed E-state index contributed by atoms with van der Waals surface area (Å²) in [7, 11) is -5.65. The van der Waals surface area contributed by atoms with E-state index in [2.05, 4.69) is 43.9 Å². The number of nitrogens with one attached hydrogen (secondary N) is 2. The average Bonchev–Trinajstić information content (AvgIpc) is 2.33. The van der Waals surface area contributed by atoms with Crippen LogP contribution >= 0.6 is 0 Å². The van der Waals surface area contributed by atoms with Crippen LogP contribution in [0.5, 0.6) is 0 Å². The highest BCUT2D eigenvalue weighted by Crippen LogP contribution is 2.37. The van der Waals surface area contributed by atoms with Gasteiger partial charge in [0.05, 0.1) is 12.6 Å². The van der Waals surface area contributed by atoms with Crippen LogP contribution in [-0.2, 0) is 19.2 Å². The van der Waals surface area contributed by atoms with Crippen molar-refractivity contribution in [3.05, 3.63) is 0 Å². The van der Waals surface area contributed by atoms with Crippen LogP contribution in [-0.4, -0.2) is 52.9 Å². The summed E-state index contributed by atoms with van der Waals surface area (Å²) in [5.74, 6) is 0. The van der Waals surface area contributed by atoms with E-state index in [9.17, 15) is 13.2 Å². The van der Waals surface area contributed by atoms with Crippen molar-refractivity contribution in [2.75, 3.05) is 13.2 Å². The molecular weight excluding hydrogens is 360 g/mol. The molecule has 1 fully saturated rings. The first-order valence-electron chi connectivity index (χ1n) is 8.67. The fourth-order valence-electron chi connectivity index (χ4n) is 2.20. The molecule has 9 heteroatoms. The highest BCUT2D eigenvalue weighted by atomic mass is 32.2. The molecule has 1 amide bonds. The van der Waals surface area contributed by atoms with Gasteiger partial charge in [-0.15, -0.1) is 0 Å². The lowest BCUT2D eigenvalue weighted by molar-refractivity contribution is 0.0495. The highest BCUT2D eigenvalue weighted by molar-refractivity contribution is 7.90. The summed E-state index contributed by atoms with van der Waals surface area (Å²) in [6.07, 6.45) is -0.101. The molecule has 0 unspecified atom stereocenters. The van der Waals surface area contributed by atoms with E-state index in [1.165, 1.54) is 0 Å². The average molecular weight is 395 g/mol. The van der Waals surface area contributed by atoms with Gasteiger partial charge in [0, 0.05) is 6.54 Å². The smallest absolute Gasteiger partial charge is 0.407 e. The molecule has 1 saturated heterocycles. The lowest BCUT2D eigenvalue weighted by Crippen LogP contribution is -2.59. The van der Waals surface area contributed by atoms with Gasteiger partial charge in [0.1, 0.15) is 10.9 Å². The van der Waals surface area contributed by atoms with E-state index in [-0.39, 0.29) is 11.6 Å². The maximum Gasteiger partial charge on any atom is 0.407 e. The molecule has 148 valence electrons. The third-order valence-electron chi connectivity index (χ3n) is 4.72. The van der Waals surface area contributed by atoms with Gasteiger partial charge in [-0.3, -0.25) is 0 Å². The van der Waals surface area contributed by atoms with Crippen LogP contribution in [0, 0.1) is 0 Å². The third-order valence-corrected chi connectivity index (χ3v) is 11.1. The first-order chi connectivity index (χ1) is 11.1. The van der Waals surface area contributed by atoms with Crippen molar-refractivity contribution in [2.24, 2.45) is 0 Å². The molecule has 1 rings (SSSR count). The fraction of sp³-hybridized carbons (Fsp3) is 0.938. The van der Waals surface area contributed by atoms with Crippen molar-refractivity contribution in [3.8, 4) is 0 Å². The van der Waals surface area contributed by atoms with Crippen molar-refractivity contribution >= 4 is 24.4 Å². The fourth-order valence-corrected chi connectivity index (χ4v) is 4.85. The van der Waals surface area contributed by atoms with Gasteiger partial charge in [-0.2, -0.15) is 0 Å². The molecular formula is C16H34N2O5SSi. The van der Waals surface area contributed by atoms with E-state index < -0.39 is 41.3 Å². The molecule has 0 aliphatic carbocycles. The molecule has 0 aromatic rings. The molecule has 0 saturated carbocycles. The zero-order chi connectivity index (χ0) is 19.7. The van der Waals surface area contributed by atoms with E-state index in [4.69, 9.17) is 9.16 Å². The maximum atomic E-state index is 12.5. The Morgan fingerprint density at radius 1 is 1.20 bits per heavy atom. The Balaban J connectivity index is 2.87. The van der Waals surface area contributed by atoms with E-state index in [1.807, 2.05) is 0 Å². The number of amides is 1. The van der Waals surface area contributed by atoms with E-state index in [0.717, 1.165) is 0 Å². The number of sulfonamides is 1. The molecule has 0 bridgehead atoms. The van der Waals surface area contributed by atoms with E-state index >= 15 is 0 Å². The number of hydrogen-bond donors (Lipinski definition) is 2. The normalized spacial score (nSPS) is 24.6. The molecule has 1 heterocycles. The van der Waals surface area contributed by atoms with Crippen LogP contribution in [0.4, 0.5) is 4.79 Å². The van der Waals surface area contributed by atoms with Gasteiger partial charge >= 0.3 is 6.09 Å². The molecule has 0 radical (unpaired) electrons. The number of carbonyl (C=O) groups is 1. The minimum Gasteiger partial charge on any atom is -0.444 e. The van der Waals surface area contributed by atoms with Crippen LogP contribution in [0.2, 0.25) is 18.1 Å². The number of hydrogen-bond acceptors (Lipinski definition) is 5. The minimum absolute atomic E-state index is 0.0209. The van der Waals surface area contributed by atoms with Crippen molar-refractivity contribution < 1.29 is 22.4 Å². The van der Waals surface area contributed by atoms with Crippen molar-refractivity contribution in [1.29, 1.82) is 0 Å². The monoisotopic (exact) mass is 394 g/mol. The molecule has 25 heavy (non-hydrogen) atoms. The van der Waals surface area contributed by atoms with Crippen LogP contribution < -0.4 is 10.0 Å². The summed E-state index contributed by atoms with van der Waals surface area (Å²) in [6, 6.07) is -0.536. The number of rotatable bonds is 4. The van der Waals surface area contributed by atoms with Crippen LogP contribution in [0.25, 0.3) is 0 Å². The summed E-state index contributed by atoms with van der Waals surface area (Å²) in [5, 5.41) is 1.86. The highest BCUT2D eigenvalue weighted by Gasteiger charge is 2.43. The summed E-state index contributed by atoms with van der Waals surface area (Å²) in [4.78, 5) is 12.1. The molecule has 1 aliphatic rings. The number of alkyl carbamates (subject to hydrolysis) is 1. The number of carbonyl (C=O) groups excluding carboxylic acids is 1. The second-order valence-corrected chi connectivity index (χ2v) is 15.9. The molecule has 2 atom stereocenters. The molecule has 2 N–H and O–H groups in total. The standard InChI is InChI=1S/C16H34N2O5SSi/c1-15(2,3)23-14(19)18-12-9-10-17-24(20,21)13(12)11-22-25(7,8)16(4,5)6/h12-13,17H,9-11H2,1-8H3,(H,18,19)/t12-,13+/m1/s1. The van der Waals surface area contributed by atoms with Gasteiger partial charge in [0.2, 0.25) is 10.0 Å². The van der Waals surface area contributed by atoms with Gasteiger partial charge in [-0.05, 0) is 45.3 Å². The predicted octanol–water partition coefficient (Wildman–Crippen LogP) is 2.59. The SMILES string of the molecule is CC(C)(C)OC(=O)N[C@@H]1CCNS(=O)(=O)[C@H]1CO[Si](C)(C)C(C)(C)C. The van der Waals surface area contributed by atoms with Crippen molar-refractivity contribution in [2.45, 2.75) is 83.0 Å². The Kier molecular flexibility index (Phi) is 6.75. The van der Waals surface area contributed by atoms with E-state index in [1.54, 1.807) is 20.8 Å². The third kappa shape index (κ3) is 6.54. The summed E-state index contributed by atoms with van der Waals surface area (Å²) in [5.41, 5.74) is -0.636. The van der Waals surface area contributed by atoms with E-state index in [0.29, 0.717) is 13.0 Å². The zero-order valence-corrected chi connectivity index (χ0v) is 18.5. The minimum atomic E-state index is -3.55. The first kappa shape index (κ1) is 22.4. The summed E-state index contributed by atoms with van der Waals surface area (Å²) >= 11 is 0. The topological polar surface area (TPSA) is 93.7 Å². The molecule has 0 aromatic carbocycles. The largest absolute Gasteiger partial charge is 0.444 e. The predicted molar refractivity (Wildman–Crippen MR) is 102 cm³/mol. The van der Waals surface area contributed by atoms with Gasteiger partial charge in [0.25, 0.3) is 0 Å². The Morgan fingerprint density at radius 2 is 1.76 bits per heavy atom. The second-order valence-electron chi connectivity index (χ2n) is 9.09. The molecule has 1 aliphatic heterocycles. The zero-order valence-electron chi connectivity index (χ0n) is 16.7. The first-order valence-corrected chi connectivity index (χ1v) is 13.1. The van der Waals surface area contributed by atoms with Crippen LogP contribution in [0.3, 0.4) is 0 Å². The second kappa shape index (κ2) is 7.54. The number of ether oxygens (including phenoxy) is 1.